The largest absolute Gasteiger partial charge is 0.348 e. The van der Waals surface area contributed by atoms with Gasteiger partial charge in [-0.05, 0) is 49.2 Å². The van der Waals surface area contributed by atoms with Crippen LogP contribution in [0.4, 0.5) is 0 Å². The van der Waals surface area contributed by atoms with Crippen molar-refractivity contribution >= 4 is 28.4 Å². The molecule has 1 heterocycles. The molecular formula is C25H21ClN2O. The lowest BCUT2D eigenvalue weighted by atomic mass is 9.99. The van der Waals surface area contributed by atoms with Gasteiger partial charge in [-0.15, -0.1) is 0 Å². The molecule has 3 nitrogen and oxygen atoms in total. The third-order valence-electron chi connectivity index (χ3n) is 4.93. The molecule has 1 aromatic heterocycles. The zero-order valence-corrected chi connectivity index (χ0v) is 17.1. The first-order valence-electron chi connectivity index (χ1n) is 9.51. The molecule has 0 saturated heterocycles. The van der Waals surface area contributed by atoms with Gasteiger partial charge in [-0.3, -0.25) is 4.79 Å². The van der Waals surface area contributed by atoms with Gasteiger partial charge in [-0.2, -0.15) is 0 Å². The fraction of sp³-hybridized carbons (Fsp3) is 0.120. The summed E-state index contributed by atoms with van der Waals surface area (Å²) in [4.78, 5) is 18.0. The van der Waals surface area contributed by atoms with Crippen LogP contribution in [0.15, 0.2) is 72.8 Å². The van der Waals surface area contributed by atoms with Crippen molar-refractivity contribution in [3.63, 3.8) is 0 Å². The van der Waals surface area contributed by atoms with Crippen LogP contribution in [-0.4, -0.2) is 10.9 Å². The fourth-order valence-electron chi connectivity index (χ4n) is 3.51. The highest BCUT2D eigenvalue weighted by atomic mass is 35.5. The van der Waals surface area contributed by atoms with Crippen LogP contribution in [0, 0.1) is 13.8 Å². The van der Waals surface area contributed by atoms with E-state index in [9.17, 15) is 4.79 Å². The van der Waals surface area contributed by atoms with Crippen LogP contribution in [0.25, 0.3) is 22.2 Å². The van der Waals surface area contributed by atoms with Gasteiger partial charge in [-0.25, -0.2) is 4.98 Å². The Bertz CT molecular complexity index is 1190. The van der Waals surface area contributed by atoms with Gasteiger partial charge in [0.15, 0.2) is 0 Å². The van der Waals surface area contributed by atoms with Crippen molar-refractivity contribution < 1.29 is 4.79 Å². The van der Waals surface area contributed by atoms with Crippen LogP contribution in [0.3, 0.4) is 0 Å². The molecule has 0 fully saturated rings. The quantitative estimate of drug-likeness (QED) is 0.449. The molecule has 3 aromatic carbocycles. The van der Waals surface area contributed by atoms with E-state index in [2.05, 4.69) is 11.4 Å². The van der Waals surface area contributed by atoms with Crippen molar-refractivity contribution in [2.24, 2.45) is 0 Å². The highest BCUT2D eigenvalue weighted by Crippen LogP contribution is 2.28. The molecule has 1 N–H and O–H groups in total. The number of amides is 1. The predicted molar refractivity (Wildman–Crippen MR) is 119 cm³/mol. The molecule has 4 rings (SSSR count). The van der Waals surface area contributed by atoms with Gasteiger partial charge in [0.1, 0.15) is 0 Å². The Kier molecular flexibility index (Phi) is 5.32. The second-order valence-electron chi connectivity index (χ2n) is 7.21. The van der Waals surface area contributed by atoms with Crippen molar-refractivity contribution in [3.8, 4) is 11.3 Å². The minimum Gasteiger partial charge on any atom is -0.348 e. The number of nitrogens with zero attached hydrogens (tertiary/aromatic N) is 1. The maximum atomic E-state index is 13.1. The summed E-state index contributed by atoms with van der Waals surface area (Å²) in [5.41, 5.74) is 6.36. The number of carbonyl (C=O) groups is 1. The van der Waals surface area contributed by atoms with E-state index in [-0.39, 0.29) is 5.91 Å². The van der Waals surface area contributed by atoms with Crippen molar-refractivity contribution in [1.82, 2.24) is 10.3 Å². The number of halogens is 1. The average Bonchev–Trinajstić information content (AvgIpc) is 2.73. The first kappa shape index (κ1) is 19.2. The van der Waals surface area contributed by atoms with Gasteiger partial charge in [0.05, 0.1) is 16.8 Å². The Hall–Kier alpha value is -3.17. The molecule has 0 aliphatic heterocycles. The molecule has 0 bridgehead atoms. The van der Waals surface area contributed by atoms with E-state index >= 15 is 0 Å². The Balaban J connectivity index is 1.79. The summed E-state index contributed by atoms with van der Waals surface area (Å²) >= 11 is 6.03. The van der Waals surface area contributed by atoms with Crippen molar-refractivity contribution in [3.05, 3.63) is 100 Å². The smallest absolute Gasteiger partial charge is 0.252 e. The summed E-state index contributed by atoms with van der Waals surface area (Å²) in [7, 11) is 0. The normalized spacial score (nSPS) is 10.9. The van der Waals surface area contributed by atoms with Gasteiger partial charge in [0.2, 0.25) is 0 Å². The molecule has 0 aliphatic carbocycles. The predicted octanol–water partition coefficient (Wildman–Crippen LogP) is 6.10. The van der Waals surface area contributed by atoms with Crippen molar-refractivity contribution in [2.45, 2.75) is 20.4 Å². The second-order valence-corrected chi connectivity index (χ2v) is 7.64. The molecule has 0 aliphatic rings. The van der Waals surface area contributed by atoms with E-state index in [0.29, 0.717) is 17.1 Å². The standard InChI is InChI=1S/C25H21ClN2O/c1-16-12-17(2)24-21(13-16)22(25(29)27-15-18-6-4-3-5-7-18)14-23(28-24)19-8-10-20(26)11-9-19/h3-14H,15H2,1-2H3,(H,27,29). The number of rotatable bonds is 4. The lowest BCUT2D eigenvalue weighted by Gasteiger charge is -2.13. The molecule has 1 amide bonds. The van der Waals surface area contributed by atoms with Crippen molar-refractivity contribution in [1.29, 1.82) is 0 Å². The third kappa shape index (κ3) is 4.15. The summed E-state index contributed by atoms with van der Waals surface area (Å²) in [5, 5.41) is 4.58. The number of aryl methyl sites for hydroxylation is 2. The summed E-state index contributed by atoms with van der Waals surface area (Å²) in [6, 6.07) is 23.4. The molecular weight excluding hydrogens is 380 g/mol. The van der Waals surface area contributed by atoms with Crippen LogP contribution in [0.2, 0.25) is 5.02 Å². The van der Waals surface area contributed by atoms with E-state index in [1.54, 1.807) is 0 Å². The number of hydrogen-bond donors (Lipinski definition) is 1. The van der Waals surface area contributed by atoms with Gasteiger partial charge in [0, 0.05) is 22.5 Å². The molecule has 4 heteroatoms. The van der Waals surface area contributed by atoms with E-state index in [4.69, 9.17) is 16.6 Å². The summed E-state index contributed by atoms with van der Waals surface area (Å²) in [5.74, 6) is -0.110. The van der Waals surface area contributed by atoms with E-state index in [1.807, 2.05) is 80.6 Å². The molecule has 29 heavy (non-hydrogen) atoms. The monoisotopic (exact) mass is 400 g/mol. The topological polar surface area (TPSA) is 42.0 Å². The van der Waals surface area contributed by atoms with Crippen LogP contribution in [0.1, 0.15) is 27.0 Å². The van der Waals surface area contributed by atoms with E-state index < -0.39 is 0 Å². The molecule has 0 saturated carbocycles. The Morgan fingerprint density at radius 3 is 2.41 bits per heavy atom. The van der Waals surface area contributed by atoms with Gasteiger partial charge >= 0.3 is 0 Å². The van der Waals surface area contributed by atoms with Crippen molar-refractivity contribution in [2.75, 3.05) is 0 Å². The summed E-state index contributed by atoms with van der Waals surface area (Å²) < 4.78 is 0. The van der Waals surface area contributed by atoms with Crippen LogP contribution < -0.4 is 5.32 Å². The van der Waals surface area contributed by atoms with E-state index in [0.717, 1.165) is 38.9 Å². The maximum Gasteiger partial charge on any atom is 0.252 e. The molecule has 0 radical (unpaired) electrons. The Morgan fingerprint density at radius 2 is 1.69 bits per heavy atom. The van der Waals surface area contributed by atoms with Gasteiger partial charge < -0.3 is 5.32 Å². The van der Waals surface area contributed by atoms with Gasteiger partial charge in [0.25, 0.3) is 5.91 Å². The minimum atomic E-state index is -0.110. The highest BCUT2D eigenvalue weighted by Gasteiger charge is 2.16. The molecule has 0 unspecified atom stereocenters. The number of nitrogens with one attached hydrogen (secondary N) is 1. The molecule has 0 spiro atoms. The first-order valence-corrected chi connectivity index (χ1v) is 9.89. The number of pyridine rings is 1. The van der Waals surface area contributed by atoms with E-state index in [1.165, 1.54) is 0 Å². The van der Waals surface area contributed by atoms with Gasteiger partial charge in [-0.1, -0.05) is 65.7 Å². The zero-order chi connectivity index (χ0) is 20.4. The fourth-order valence-corrected chi connectivity index (χ4v) is 3.64. The number of carbonyl (C=O) groups excluding carboxylic acids is 1. The lowest BCUT2D eigenvalue weighted by Crippen LogP contribution is -2.23. The Labute approximate surface area is 175 Å². The summed E-state index contributed by atoms with van der Waals surface area (Å²) in [6.45, 7) is 4.54. The minimum absolute atomic E-state index is 0.110. The summed E-state index contributed by atoms with van der Waals surface area (Å²) in [6.07, 6.45) is 0. The SMILES string of the molecule is Cc1cc(C)c2nc(-c3ccc(Cl)cc3)cc(C(=O)NCc3ccccc3)c2c1. The van der Waals surface area contributed by atoms with Crippen LogP contribution >= 0.6 is 11.6 Å². The Morgan fingerprint density at radius 1 is 0.966 bits per heavy atom. The highest BCUT2D eigenvalue weighted by molar-refractivity contribution is 6.30. The number of hydrogen-bond acceptors (Lipinski definition) is 2. The number of benzene rings is 3. The average molecular weight is 401 g/mol. The molecule has 144 valence electrons. The number of fused-ring (bicyclic) bond motifs is 1. The molecule has 0 atom stereocenters. The number of aromatic nitrogens is 1. The second kappa shape index (κ2) is 8.06. The third-order valence-corrected chi connectivity index (χ3v) is 5.18. The van der Waals surface area contributed by atoms with Crippen LogP contribution in [0.5, 0.6) is 0 Å². The lowest BCUT2D eigenvalue weighted by molar-refractivity contribution is 0.0952. The molecule has 4 aromatic rings. The van der Waals surface area contributed by atoms with Crippen LogP contribution in [-0.2, 0) is 6.54 Å². The zero-order valence-electron chi connectivity index (χ0n) is 16.4. The maximum absolute atomic E-state index is 13.1. The first-order chi connectivity index (χ1) is 14.0.